The molecular formula is C15H15N. The molecule has 0 aliphatic heterocycles. The van der Waals surface area contributed by atoms with Gasteiger partial charge in [-0.3, -0.25) is 0 Å². The van der Waals surface area contributed by atoms with Gasteiger partial charge in [-0.25, -0.2) is 0 Å². The van der Waals surface area contributed by atoms with Crippen molar-refractivity contribution in [2.45, 2.75) is 6.92 Å². The van der Waals surface area contributed by atoms with Gasteiger partial charge in [0.25, 0.3) is 0 Å². The van der Waals surface area contributed by atoms with Crippen molar-refractivity contribution in [3.8, 4) is 0 Å². The van der Waals surface area contributed by atoms with Gasteiger partial charge in [-0.1, -0.05) is 54.6 Å². The Kier molecular flexibility index (Phi) is 3.06. The Morgan fingerprint density at radius 2 is 1.56 bits per heavy atom. The summed E-state index contributed by atoms with van der Waals surface area (Å²) in [6.07, 6.45) is 0. The highest BCUT2D eigenvalue weighted by Gasteiger charge is 1.97. The Balaban J connectivity index is 2.11. The summed E-state index contributed by atoms with van der Waals surface area (Å²) in [5.41, 5.74) is 4.36. The van der Waals surface area contributed by atoms with Crippen LogP contribution in [0.25, 0.3) is 5.70 Å². The van der Waals surface area contributed by atoms with Crippen molar-refractivity contribution in [3.05, 3.63) is 72.3 Å². The molecule has 0 radical (unpaired) electrons. The van der Waals surface area contributed by atoms with Gasteiger partial charge in [-0.15, -0.1) is 0 Å². The molecule has 0 fully saturated rings. The molecule has 16 heavy (non-hydrogen) atoms. The molecule has 0 amide bonds. The van der Waals surface area contributed by atoms with E-state index in [2.05, 4.69) is 43.1 Å². The fourth-order valence-electron chi connectivity index (χ4n) is 1.52. The molecule has 1 heteroatoms. The van der Waals surface area contributed by atoms with Crippen LogP contribution in [0.3, 0.4) is 0 Å². The van der Waals surface area contributed by atoms with Crippen LogP contribution in [-0.4, -0.2) is 0 Å². The minimum atomic E-state index is 0.921. The number of anilines is 1. The Morgan fingerprint density at radius 1 is 0.938 bits per heavy atom. The van der Waals surface area contributed by atoms with Gasteiger partial charge in [0, 0.05) is 11.4 Å². The first-order valence-electron chi connectivity index (χ1n) is 5.34. The fraction of sp³-hybridized carbons (Fsp3) is 0.0667. The SMILES string of the molecule is C=C(Nc1ccc(C)cc1)c1ccccc1. The standard InChI is InChI=1S/C15H15N/c1-12-8-10-15(11-9-12)16-13(2)14-6-4-3-5-7-14/h3-11,16H,2H2,1H3. The molecule has 0 unspecified atom stereocenters. The zero-order valence-electron chi connectivity index (χ0n) is 9.40. The predicted molar refractivity (Wildman–Crippen MR) is 70.3 cm³/mol. The molecule has 1 nitrogen and oxygen atoms in total. The van der Waals surface area contributed by atoms with Gasteiger partial charge < -0.3 is 5.32 Å². The summed E-state index contributed by atoms with van der Waals surface area (Å²) in [6.45, 7) is 6.11. The number of aryl methyl sites for hydroxylation is 1. The third-order valence-corrected chi connectivity index (χ3v) is 2.47. The van der Waals surface area contributed by atoms with Crippen LogP contribution in [0.2, 0.25) is 0 Å². The highest BCUT2D eigenvalue weighted by atomic mass is 14.9. The van der Waals surface area contributed by atoms with Crippen molar-refractivity contribution in [1.82, 2.24) is 0 Å². The zero-order chi connectivity index (χ0) is 11.4. The van der Waals surface area contributed by atoms with Gasteiger partial charge in [-0.05, 0) is 24.6 Å². The van der Waals surface area contributed by atoms with Crippen LogP contribution in [0.5, 0.6) is 0 Å². The van der Waals surface area contributed by atoms with Crippen molar-refractivity contribution in [2.75, 3.05) is 5.32 Å². The van der Waals surface area contributed by atoms with Gasteiger partial charge in [0.2, 0.25) is 0 Å². The molecule has 0 spiro atoms. The summed E-state index contributed by atoms with van der Waals surface area (Å²) < 4.78 is 0. The van der Waals surface area contributed by atoms with E-state index >= 15 is 0 Å². The second-order valence-electron chi connectivity index (χ2n) is 3.84. The number of hydrogen-bond donors (Lipinski definition) is 1. The van der Waals surface area contributed by atoms with E-state index in [1.54, 1.807) is 0 Å². The Hall–Kier alpha value is -2.02. The number of benzene rings is 2. The van der Waals surface area contributed by atoms with Gasteiger partial charge in [0.15, 0.2) is 0 Å². The van der Waals surface area contributed by atoms with Gasteiger partial charge in [0.05, 0.1) is 0 Å². The minimum absolute atomic E-state index is 0.921. The Labute approximate surface area is 96.4 Å². The minimum Gasteiger partial charge on any atom is -0.356 e. The van der Waals surface area contributed by atoms with Crippen LogP contribution in [0.15, 0.2) is 61.2 Å². The Bertz CT molecular complexity index is 469. The first-order valence-corrected chi connectivity index (χ1v) is 5.34. The molecule has 0 aliphatic carbocycles. The molecule has 0 heterocycles. The zero-order valence-corrected chi connectivity index (χ0v) is 9.40. The third-order valence-electron chi connectivity index (χ3n) is 2.47. The second-order valence-corrected chi connectivity index (χ2v) is 3.84. The lowest BCUT2D eigenvalue weighted by Gasteiger charge is -2.09. The molecule has 0 saturated heterocycles. The molecule has 1 N–H and O–H groups in total. The molecule has 0 saturated carbocycles. The van der Waals surface area contributed by atoms with E-state index in [0.29, 0.717) is 0 Å². The number of rotatable bonds is 3. The van der Waals surface area contributed by atoms with E-state index in [0.717, 1.165) is 16.9 Å². The van der Waals surface area contributed by atoms with E-state index < -0.39 is 0 Å². The monoisotopic (exact) mass is 209 g/mol. The second kappa shape index (κ2) is 4.67. The van der Waals surface area contributed by atoms with E-state index in [4.69, 9.17) is 0 Å². The normalized spacial score (nSPS) is 9.81. The summed E-state index contributed by atoms with van der Waals surface area (Å²) in [5, 5.41) is 3.29. The largest absolute Gasteiger partial charge is 0.356 e. The quantitative estimate of drug-likeness (QED) is 0.803. The lowest BCUT2D eigenvalue weighted by molar-refractivity contribution is 1.46. The molecule has 2 aromatic carbocycles. The third kappa shape index (κ3) is 2.51. The maximum atomic E-state index is 4.03. The van der Waals surface area contributed by atoms with Crippen molar-refractivity contribution in [1.29, 1.82) is 0 Å². The van der Waals surface area contributed by atoms with Gasteiger partial charge in [-0.2, -0.15) is 0 Å². The van der Waals surface area contributed by atoms with Crippen LogP contribution in [0.4, 0.5) is 5.69 Å². The van der Waals surface area contributed by atoms with Crippen molar-refractivity contribution >= 4 is 11.4 Å². The molecule has 2 rings (SSSR count). The summed E-state index contributed by atoms with van der Waals surface area (Å²) in [7, 11) is 0. The summed E-state index contributed by atoms with van der Waals surface area (Å²) in [4.78, 5) is 0. The molecule has 0 bridgehead atoms. The first-order chi connectivity index (χ1) is 7.75. The number of nitrogens with one attached hydrogen (secondary N) is 1. The molecule has 80 valence electrons. The molecule has 2 aromatic rings. The van der Waals surface area contributed by atoms with Crippen LogP contribution in [0, 0.1) is 6.92 Å². The van der Waals surface area contributed by atoms with Gasteiger partial charge in [0.1, 0.15) is 0 Å². The maximum Gasteiger partial charge on any atom is 0.0384 e. The van der Waals surface area contributed by atoms with Crippen LogP contribution < -0.4 is 5.32 Å². The van der Waals surface area contributed by atoms with Crippen molar-refractivity contribution in [2.24, 2.45) is 0 Å². The fourth-order valence-corrected chi connectivity index (χ4v) is 1.52. The van der Waals surface area contributed by atoms with E-state index in [1.165, 1.54) is 5.56 Å². The maximum absolute atomic E-state index is 4.03. The topological polar surface area (TPSA) is 12.0 Å². The van der Waals surface area contributed by atoms with Gasteiger partial charge >= 0.3 is 0 Å². The van der Waals surface area contributed by atoms with E-state index in [9.17, 15) is 0 Å². The van der Waals surface area contributed by atoms with E-state index in [-0.39, 0.29) is 0 Å². The molecule has 0 atom stereocenters. The highest BCUT2D eigenvalue weighted by molar-refractivity contribution is 5.75. The summed E-state index contributed by atoms with van der Waals surface area (Å²) >= 11 is 0. The van der Waals surface area contributed by atoms with Crippen molar-refractivity contribution < 1.29 is 0 Å². The highest BCUT2D eigenvalue weighted by Crippen LogP contribution is 2.16. The van der Waals surface area contributed by atoms with Crippen LogP contribution in [0.1, 0.15) is 11.1 Å². The lowest BCUT2D eigenvalue weighted by atomic mass is 10.1. The number of hydrogen-bond acceptors (Lipinski definition) is 1. The van der Waals surface area contributed by atoms with Crippen LogP contribution >= 0.6 is 0 Å². The molecule has 0 aliphatic rings. The average molecular weight is 209 g/mol. The first kappa shape index (κ1) is 10.5. The Morgan fingerprint density at radius 3 is 2.19 bits per heavy atom. The predicted octanol–water partition coefficient (Wildman–Crippen LogP) is 4.08. The summed E-state index contributed by atoms with van der Waals surface area (Å²) in [5.74, 6) is 0. The average Bonchev–Trinajstić information content (AvgIpc) is 2.33. The summed E-state index contributed by atoms with van der Waals surface area (Å²) in [6, 6.07) is 18.4. The molecule has 0 aromatic heterocycles. The molecular weight excluding hydrogens is 194 g/mol. The van der Waals surface area contributed by atoms with E-state index in [1.807, 2.05) is 30.3 Å². The van der Waals surface area contributed by atoms with Crippen molar-refractivity contribution in [3.63, 3.8) is 0 Å². The lowest BCUT2D eigenvalue weighted by Crippen LogP contribution is -1.96. The smallest absolute Gasteiger partial charge is 0.0384 e. The van der Waals surface area contributed by atoms with Crippen LogP contribution in [-0.2, 0) is 0 Å².